The lowest BCUT2D eigenvalue weighted by Gasteiger charge is -2.49. The maximum absolute atomic E-state index is 11.6. The summed E-state index contributed by atoms with van der Waals surface area (Å²) in [7, 11) is 0. The highest BCUT2D eigenvalue weighted by Gasteiger charge is 2.57. The summed E-state index contributed by atoms with van der Waals surface area (Å²) >= 11 is 0. The van der Waals surface area contributed by atoms with Gasteiger partial charge in [-0.2, -0.15) is 4.79 Å². The van der Waals surface area contributed by atoms with E-state index in [0.29, 0.717) is 0 Å². The number of carbonyl (C=O) groups is 2. The van der Waals surface area contributed by atoms with Gasteiger partial charge in [-0.1, -0.05) is 0 Å². The topological polar surface area (TPSA) is 83.8 Å². The Hall–Kier alpha value is -1.14. The van der Waals surface area contributed by atoms with Gasteiger partial charge in [-0.3, -0.25) is 0 Å². The summed E-state index contributed by atoms with van der Waals surface area (Å²) in [4.78, 5) is 22.7. The Bertz CT molecular complexity index is 348. The van der Waals surface area contributed by atoms with Crippen LogP contribution >= 0.6 is 0 Å². The van der Waals surface area contributed by atoms with Crippen molar-refractivity contribution in [2.75, 3.05) is 19.7 Å². The minimum absolute atomic E-state index is 0.0683. The molecule has 2 atom stereocenters. The Kier molecular flexibility index (Phi) is 3.24. The summed E-state index contributed by atoms with van der Waals surface area (Å²) in [5, 5.41) is 18.6. The second kappa shape index (κ2) is 3.96. The van der Waals surface area contributed by atoms with Crippen molar-refractivity contribution < 1.29 is 29.0 Å². The molecule has 0 aromatic heterocycles. The maximum Gasteiger partial charge on any atom is 0.514 e. The van der Waals surface area contributed by atoms with Crippen LogP contribution in [0.4, 0.5) is 4.79 Å². The van der Waals surface area contributed by atoms with Crippen molar-refractivity contribution in [3.8, 4) is 0 Å². The minimum Gasteiger partial charge on any atom is -0.479 e. The summed E-state index contributed by atoms with van der Waals surface area (Å²) in [5.41, 5.74) is -2.02. The van der Waals surface area contributed by atoms with Crippen molar-refractivity contribution in [1.29, 1.82) is 0 Å². The molecule has 0 radical (unpaired) electrons. The molecule has 1 fully saturated rings. The van der Waals surface area contributed by atoms with Gasteiger partial charge in [0.1, 0.15) is 18.6 Å². The van der Waals surface area contributed by atoms with Crippen molar-refractivity contribution in [3.63, 3.8) is 0 Å². The molecular formula is C11H20NO5+. The fraction of sp³-hybridized carbons (Fsp3) is 0.818. The molecule has 0 saturated carbocycles. The standard InChI is InChI=1S/C11H19NO5/c1-10(2,3)12(9(15)16)5-6-17-11(4,7-12)8(13)14/h5-7H2,1-4H3,(H-,13,14,15,16)/p+1. The van der Waals surface area contributed by atoms with Crippen LogP contribution < -0.4 is 0 Å². The molecule has 0 aliphatic carbocycles. The Morgan fingerprint density at radius 2 is 1.82 bits per heavy atom. The fourth-order valence-corrected chi connectivity index (χ4v) is 2.22. The van der Waals surface area contributed by atoms with Gasteiger partial charge in [0.05, 0.1) is 6.61 Å². The number of ether oxygens (including phenoxy) is 1. The molecule has 98 valence electrons. The van der Waals surface area contributed by atoms with Crippen LogP contribution in [0.2, 0.25) is 0 Å². The van der Waals surface area contributed by atoms with Gasteiger partial charge in [-0.05, 0) is 27.7 Å². The van der Waals surface area contributed by atoms with Gasteiger partial charge in [-0.25, -0.2) is 9.28 Å². The average molecular weight is 246 g/mol. The first-order valence-electron chi connectivity index (χ1n) is 5.53. The van der Waals surface area contributed by atoms with E-state index in [4.69, 9.17) is 9.84 Å². The van der Waals surface area contributed by atoms with Crippen LogP contribution in [0.15, 0.2) is 0 Å². The zero-order valence-electron chi connectivity index (χ0n) is 10.7. The van der Waals surface area contributed by atoms with Crippen LogP contribution in [0.5, 0.6) is 0 Å². The SMILES string of the molecule is CC1(C(=O)O)C[N+](C(=O)O)(C(C)(C)C)CCO1. The van der Waals surface area contributed by atoms with Crippen LogP contribution in [-0.2, 0) is 9.53 Å². The van der Waals surface area contributed by atoms with E-state index in [1.54, 1.807) is 20.8 Å². The summed E-state index contributed by atoms with van der Waals surface area (Å²) < 4.78 is 4.95. The molecule has 0 bridgehead atoms. The lowest BCUT2D eigenvalue weighted by molar-refractivity contribution is -0.916. The molecule has 0 spiro atoms. The van der Waals surface area contributed by atoms with Gasteiger partial charge >= 0.3 is 12.1 Å². The van der Waals surface area contributed by atoms with Crippen molar-refractivity contribution in [2.24, 2.45) is 0 Å². The van der Waals surface area contributed by atoms with Crippen LogP contribution in [-0.4, -0.2) is 57.6 Å². The summed E-state index contributed by atoms with van der Waals surface area (Å²) in [5.74, 6) is -1.12. The molecule has 17 heavy (non-hydrogen) atoms. The molecule has 1 rings (SSSR count). The van der Waals surface area contributed by atoms with Crippen LogP contribution in [0, 0.1) is 0 Å². The van der Waals surface area contributed by atoms with E-state index in [2.05, 4.69) is 0 Å². The van der Waals surface area contributed by atoms with E-state index in [9.17, 15) is 14.7 Å². The number of morpholine rings is 1. The first kappa shape index (κ1) is 13.9. The highest BCUT2D eigenvalue weighted by molar-refractivity contribution is 5.77. The zero-order chi connectivity index (χ0) is 13.5. The van der Waals surface area contributed by atoms with Crippen molar-refractivity contribution in [2.45, 2.75) is 38.8 Å². The zero-order valence-corrected chi connectivity index (χ0v) is 10.7. The highest BCUT2D eigenvalue weighted by Crippen LogP contribution is 2.33. The number of rotatable bonds is 1. The van der Waals surface area contributed by atoms with Gasteiger partial charge in [0, 0.05) is 0 Å². The fourth-order valence-electron chi connectivity index (χ4n) is 2.22. The van der Waals surface area contributed by atoms with Gasteiger partial charge in [0.2, 0.25) is 5.60 Å². The molecule has 2 unspecified atom stereocenters. The Morgan fingerprint density at radius 1 is 1.29 bits per heavy atom. The molecule has 1 aliphatic rings. The molecule has 1 heterocycles. The smallest absolute Gasteiger partial charge is 0.479 e. The minimum atomic E-state index is -1.44. The van der Waals surface area contributed by atoms with Crippen LogP contribution in [0.3, 0.4) is 0 Å². The van der Waals surface area contributed by atoms with Crippen LogP contribution in [0.25, 0.3) is 0 Å². The predicted molar refractivity (Wildman–Crippen MR) is 59.8 cm³/mol. The number of carboxylic acids is 1. The summed E-state index contributed by atoms with van der Waals surface area (Å²) in [6.07, 6.45) is -1.01. The lowest BCUT2D eigenvalue weighted by Crippen LogP contribution is -2.73. The molecule has 1 aliphatic heterocycles. The number of carboxylic acid groups (broad SMARTS) is 2. The van der Waals surface area contributed by atoms with E-state index >= 15 is 0 Å². The number of quaternary nitrogens is 1. The van der Waals surface area contributed by atoms with Gasteiger partial charge in [-0.15, -0.1) is 0 Å². The third-order valence-corrected chi connectivity index (χ3v) is 3.57. The monoisotopic (exact) mass is 246 g/mol. The van der Waals surface area contributed by atoms with Gasteiger partial charge in [0.15, 0.2) is 0 Å². The Labute approximate surface area is 100 Å². The molecule has 6 nitrogen and oxygen atoms in total. The predicted octanol–water partition coefficient (Wildman–Crippen LogP) is 1.15. The third kappa shape index (κ3) is 2.14. The van der Waals surface area contributed by atoms with Crippen molar-refractivity contribution in [1.82, 2.24) is 0 Å². The number of nitrogens with zero attached hydrogens (tertiary/aromatic N) is 1. The third-order valence-electron chi connectivity index (χ3n) is 3.57. The number of hydrogen-bond acceptors (Lipinski definition) is 3. The average Bonchev–Trinajstić information content (AvgIpc) is 2.15. The van der Waals surface area contributed by atoms with Crippen molar-refractivity contribution >= 4 is 12.1 Å². The summed E-state index contributed by atoms with van der Waals surface area (Å²) in [6, 6.07) is 0. The van der Waals surface area contributed by atoms with E-state index in [1.807, 2.05) is 0 Å². The molecule has 1 amide bonds. The molecule has 2 N–H and O–H groups in total. The van der Waals surface area contributed by atoms with E-state index in [-0.39, 0.29) is 24.2 Å². The number of hydrogen-bond donors (Lipinski definition) is 2. The second-order valence-corrected chi connectivity index (χ2v) is 5.69. The van der Waals surface area contributed by atoms with Gasteiger partial charge < -0.3 is 14.9 Å². The maximum atomic E-state index is 11.6. The number of amides is 1. The largest absolute Gasteiger partial charge is 0.514 e. The molecule has 6 heteroatoms. The van der Waals surface area contributed by atoms with Crippen molar-refractivity contribution in [3.05, 3.63) is 0 Å². The summed E-state index contributed by atoms with van der Waals surface area (Å²) in [6.45, 7) is 7.17. The van der Waals surface area contributed by atoms with E-state index in [0.717, 1.165) is 0 Å². The van der Waals surface area contributed by atoms with Gasteiger partial charge in [0.25, 0.3) is 0 Å². The second-order valence-electron chi connectivity index (χ2n) is 5.69. The molecule has 0 aromatic rings. The first-order valence-corrected chi connectivity index (χ1v) is 5.53. The molecular weight excluding hydrogens is 226 g/mol. The normalized spacial score (nSPS) is 34.4. The Morgan fingerprint density at radius 3 is 2.18 bits per heavy atom. The van der Waals surface area contributed by atoms with E-state index in [1.165, 1.54) is 6.92 Å². The first-order chi connectivity index (χ1) is 7.55. The Balaban J connectivity index is 3.18. The highest BCUT2D eigenvalue weighted by atomic mass is 16.5. The quantitative estimate of drug-likeness (QED) is 0.678. The number of aliphatic carboxylic acids is 1. The van der Waals surface area contributed by atoms with E-state index < -0.39 is 23.2 Å². The molecule has 1 saturated heterocycles. The lowest BCUT2D eigenvalue weighted by atomic mass is 9.94. The molecule has 0 aromatic carbocycles. The van der Waals surface area contributed by atoms with Crippen LogP contribution in [0.1, 0.15) is 27.7 Å².